The van der Waals surface area contributed by atoms with Crippen LogP contribution >= 0.6 is 0 Å². The van der Waals surface area contributed by atoms with Crippen molar-refractivity contribution in [1.29, 1.82) is 0 Å². The number of alkyl carbamates (subject to hydrolysis) is 1. The number of ether oxygens (including phenoxy) is 2. The summed E-state index contributed by atoms with van der Waals surface area (Å²) in [7, 11) is 0. The van der Waals surface area contributed by atoms with Gasteiger partial charge >= 0.3 is 12.1 Å². The van der Waals surface area contributed by atoms with Crippen molar-refractivity contribution in [2.24, 2.45) is 17.8 Å². The van der Waals surface area contributed by atoms with Gasteiger partial charge < -0.3 is 35.4 Å². The fourth-order valence-electron chi connectivity index (χ4n) is 6.26. The minimum absolute atomic E-state index is 0.0217. The van der Waals surface area contributed by atoms with Gasteiger partial charge in [0.05, 0.1) is 12.6 Å². The summed E-state index contributed by atoms with van der Waals surface area (Å²) in [6, 6.07) is -2.98. The number of carbonyl (C=O) groups excluding carboxylic acids is 6. The lowest BCUT2D eigenvalue weighted by atomic mass is 9.83. The highest BCUT2D eigenvalue weighted by Crippen LogP contribution is 2.34. The highest BCUT2D eigenvalue weighted by molar-refractivity contribution is 6.38. The molecular weight excluding hydrogens is 608 g/mol. The maximum Gasteiger partial charge on any atom is 0.408 e. The van der Waals surface area contributed by atoms with Crippen molar-refractivity contribution in [1.82, 2.24) is 20.9 Å². The van der Waals surface area contributed by atoms with Gasteiger partial charge in [0.1, 0.15) is 23.3 Å². The van der Waals surface area contributed by atoms with Crippen LogP contribution in [0.5, 0.6) is 0 Å². The van der Waals surface area contributed by atoms with Crippen molar-refractivity contribution in [3.8, 4) is 0 Å². The average molecular weight is 667 g/mol. The number of aliphatic hydroxyl groups excluding tert-OH is 1. The second kappa shape index (κ2) is 17.3. The summed E-state index contributed by atoms with van der Waals surface area (Å²) in [5, 5.41) is 17.9. The van der Waals surface area contributed by atoms with Gasteiger partial charge in [-0.15, -0.1) is 0 Å². The number of ketones is 1. The van der Waals surface area contributed by atoms with E-state index in [0.29, 0.717) is 19.4 Å². The zero-order valence-electron chi connectivity index (χ0n) is 29.8. The number of hydrogen-bond donors (Lipinski definition) is 4. The molecule has 13 nitrogen and oxygen atoms in total. The van der Waals surface area contributed by atoms with Crippen molar-refractivity contribution in [2.75, 3.05) is 13.1 Å². The fraction of sp³-hybridized carbons (Fsp3) is 0.824. The molecule has 2 fully saturated rings. The van der Waals surface area contributed by atoms with E-state index < -0.39 is 71.6 Å². The van der Waals surface area contributed by atoms with E-state index in [9.17, 15) is 33.9 Å². The molecule has 1 aliphatic carbocycles. The van der Waals surface area contributed by atoms with Crippen molar-refractivity contribution >= 4 is 35.6 Å². The van der Waals surface area contributed by atoms with E-state index in [2.05, 4.69) is 16.0 Å². The lowest BCUT2D eigenvalue weighted by molar-refractivity contribution is -0.164. The van der Waals surface area contributed by atoms with Gasteiger partial charge in [0.15, 0.2) is 6.10 Å². The second-order valence-electron chi connectivity index (χ2n) is 15.2. The van der Waals surface area contributed by atoms with E-state index in [4.69, 9.17) is 9.47 Å². The molecule has 1 aliphatic heterocycles. The number of nitrogens with zero attached hydrogens (tertiary/aromatic N) is 1. The average Bonchev–Trinajstić information content (AvgIpc) is 3.42. The van der Waals surface area contributed by atoms with Crippen LogP contribution < -0.4 is 16.0 Å². The maximum absolute atomic E-state index is 14.3. The molecule has 0 bridgehead atoms. The first-order valence-corrected chi connectivity index (χ1v) is 17.1. The SMILES string of the molecule is CCCC(NC(=O)[C@@H]1[C@@H](C(C)C)CCN1C(=O)[C@@H](NC(=O)OC(C)(C)C)C1CCCCC1)C(=O)C(=O)NCC(O)C(=O)OC(C)(C)C. The fourth-order valence-corrected chi connectivity index (χ4v) is 6.26. The van der Waals surface area contributed by atoms with Crippen molar-refractivity contribution < 1.29 is 43.3 Å². The van der Waals surface area contributed by atoms with Crippen LogP contribution in [0.4, 0.5) is 4.79 Å². The molecule has 1 heterocycles. The van der Waals surface area contributed by atoms with Crippen LogP contribution in [0.25, 0.3) is 0 Å². The Bertz CT molecular complexity index is 1120. The molecule has 0 aromatic rings. The van der Waals surface area contributed by atoms with Crippen molar-refractivity contribution in [3.05, 3.63) is 0 Å². The van der Waals surface area contributed by atoms with Crippen molar-refractivity contribution in [2.45, 2.75) is 149 Å². The first-order chi connectivity index (χ1) is 21.8. The first-order valence-electron chi connectivity index (χ1n) is 17.1. The molecular formula is C34H58N4O9. The molecule has 4 amide bonds. The van der Waals surface area contributed by atoms with Gasteiger partial charge in [-0.2, -0.15) is 0 Å². The van der Waals surface area contributed by atoms with E-state index in [1.165, 1.54) is 4.90 Å². The Kier molecular flexibility index (Phi) is 14.7. The van der Waals surface area contributed by atoms with Crippen LogP contribution in [0.15, 0.2) is 0 Å². The number of likely N-dealkylation sites (tertiary alicyclic amines) is 1. The van der Waals surface area contributed by atoms with Crippen LogP contribution in [0, 0.1) is 17.8 Å². The van der Waals surface area contributed by atoms with Crippen LogP contribution in [-0.4, -0.2) is 94.1 Å². The molecule has 0 spiro atoms. The summed E-state index contributed by atoms with van der Waals surface area (Å²) in [5.41, 5.74) is -1.61. The van der Waals surface area contributed by atoms with E-state index in [0.717, 1.165) is 32.1 Å². The van der Waals surface area contributed by atoms with Crippen LogP contribution in [0.2, 0.25) is 0 Å². The van der Waals surface area contributed by atoms with Crippen LogP contribution in [-0.2, 0) is 33.4 Å². The number of hydrogen-bond acceptors (Lipinski definition) is 9. The zero-order chi connectivity index (χ0) is 35.7. The predicted octanol–water partition coefficient (Wildman–Crippen LogP) is 3.01. The number of esters is 1. The Hall–Kier alpha value is -3.22. The molecule has 2 unspecified atom stereocenters. The summed E-state index contributed by atoms with van der Waals surface area (Å²) in [5.74, 6) is -4.16. The normalized spacial score (nSPS) is 21.0. The van der Waals surface area contributed by atoms with Gasteiger partial charge in [-0.1, -0.05) is 46.5 Å². The van der Waals surface area contributed by atoms with Crippen molar-refractivity contribution in [3.63, 3.8) is 0 Å². The molecule has 13 heteroatoms. The van der Waals surface area contributed by atoms with Crippen LogP contribution in [0.3, 0.4) is 0 Å². The number of nitrogens with one attached hydrogen (secondary N) is 3. The molecule has 0 aromatic heterocycles. The molecule has 47 heavy (non-hydrogen) atoms. The number of rotatable bonds is 13. The molecule has 2 aliphatic rings. The minimum atomic E-state index is -1.68. The Morgan fingerprint density at radius 3 is 2.00 bits per heavy atom. The molecule has 0 aromatic carbocycles. The standard InChI is InChI=1S/C34H58N4O9/c1-10-14-23(27(40)29(42)35-19-24(39)31(44)46-33(4,5)6)36-28(41)26-22(20(2)3)17-18-38(26)30(43)25(21-15-12-11-13-16-21)37-32(45)47-34(7,8)9/h20-26,39H,10-19H2,1-9H3,(H,35,42)(H,36,41)(H,37,45)/t22-,23?,24?,25+,26+/m1/s1. The molecule has 1 saturated heterocycles. The zero-order valence-corrected chi connectivity index (χ0v) is 29.8. The maximum atomic E-state index is 14.3. The summed E-state index contributed by atoms with van der Waals surface area (Å²) >= 11 is 0. The number of amides is 4. The summed E-state index contributed by atoms with van der Waals surface area (Å²) in [6.45, 7) is 15.6. The smallest absolute Gasteiger partial charge is 0.408 e. The molecule has 1 saturated carbocycles. The Morgan fingerprint density at radius 2 is 1.47 bits per heavy atom. The van der Waals surface area contributed by atoms with Gasteiger partial charge in [-0.3, -0.25) is 19.2 Å². The quantitative estimate of drug-likeness (QED) is 0.170. The highest BCUT2D eigenvalue weighted by atomic mass is 16.6. The van der Waals surface area contributed by atoms with Gasteiger partial charge in [0.2, 0.25) is 17.6 Å². The Balaban J connectivity index is 2.25. The monoisotopic (exact) mass is 666 g/mol. The summed E-state index contributed by atoms with van der Waals surface area (Å²) in [6.07, 6.45) is 3.24. The van der Waals surface area contributed by atoms with Gasteiger partial charge in [0, 0.05) is 6.54 Å². The lowest BCUT2D eigenvalue weighted by Gasteiger charge is -2.36. The highest BCUT2D eigenvalue weighted by Gasteiger charge is 2.47. The number of aliphatic hydroxyl groups is 1. The second-order valence-corrected chi connectivity index (χ2v) is 15.2. The van der Waals surface area contributed by atoms with Crippen LogP contribution in [0.1, 0.15) is 114 Å². The third-order valence-corrected chi connectivity index (χ3v) is 8.48. The van der Waals surface area contributed by atoms with E-state index in [-0.39, 0.29) is 30.1 Å². The van der Waals surface area contributed by atoms with Gasteiger partial charge in [-0.25, -0.2) is 9.59 Å². The molecule has 0 radical (unpaired) electrons. The van der Waals surface area contributed by atoms with Gasteiger partial charge in [0.25, 0.3) is 5.91 Å². The largest absolute Gasteiger partial charge is 0.458 e. The predicted molar refractivity (Wildman–Crippen MR) is 175 cm³/mol. The van der Waals surface area contributed by atoms with E-state index in [1.54, 1.807) is 48.5 Å². The van der Waals surface area contributed by atoms with Gasteiger partial charge in [-0.05, 0) is 85.0 Å². The first kappa shape index (κ1) is 40.0. The number of carbonyl (C=O) groups is 6. The molecule has 4 N–H and O–H groups in total. The van der Waals surface area contributed by atoms with E-state index in [1.807, 2.05) is 13.8 Å². The molecule has 268 valence electrons. The Morgan fingerprint density at radius 1 is 0.872 bits per heavy atom. The lowest BCUT2D eigenvalue weighted by Crippen LogP contribution is -2.59. The summed E-state index contributed by atoms with van der Waals surface area (Å²) < 4.78 is 10.6. The molecule has 5 atom stereocenters. The minimum Gasteiger partial charge on any atom is -0.458 e. The van der Waals surface area contributed by atoms with E-state index >= 15 is 0 Å². The third kappa shape index (κ3) is 12.4. The number of Topliss-reactive ketones (excluding diaryl/α,β-unsaturated/α-hetero) is 1. The Labute approximate surface area is 279 Å². The summed E-state index contributed by atoms with van der Waals surface area (Å²) in [4.78, 5) is 80.7. The molecule has 2 rings (SSSR count). The topological polar surface area (TPSA) is 180 Å². The third-order valence-electron chi connectivity index (χ3n) is 8.48.